The zero-order valence-corrected chi connectivity index (χ0v) is 6.67. The van der Waals surface area contributed by atoms with E-state index in [4.69, 9.17) is 5.11 Å². The van der Waals surface area contributed by atoms with Crippen molar-refractivity contribution in [3.63, 3.8) is 0 Å². The second-order valence-electron chi connectivity index (χ2n) is 2.76. The molecule has 1 atom stereocenters. The minimum atomic E-state index is -0.903. The van der Waals surface area contributed by atoms with E-state index in [0.29, 0.717) is 6.42 Å². The highest BCUT2D eigenvalue weighted by atomic mass is 16.3. The first kappa shape index (κ1) is 9.66. The van der Waals surface area contributed by atoms with Crippen molar-refractivity contribution >= 4 is 0 Å². The van der Waals surface area contributed by atoms with E-state index in [0.717, 1.165) is 6.42 Å². The largest absolute Gasteiger partial charge is 0.393 e. The molecule has 2 nitrogen and oxygen atoms in total. The maximum absolute atomic E-state index is 9.27. The summed E-state index contributed by atoms with van der Waals surface area (Å²) < 4.78 is 0. The Kier molecular flexibility index (Phi) is 4.32. The number of aliphatic hydroxyl groups is 2. The highest BCUT2D eigenvalue weighted by Crippen LogP contribution is 2.10. The van der Waals surface area contributed by atoms with E-state index in [1.807, 2.05) is 19.1 Å². The average Bonchev–Trinajstić information content (AvgIpc) is 1.89. The molecular weight excluding hydrogens is 128 g/mol. The van der Waals surface area contributed by atoms with E-state index in [-0.39, 0.29) is 6.61 Å². The van der Waals surface area contributed by atoms with Crippen LogP contribution in [0.2, 0.25) is 0 Å². The van der Waals surface area contributed by atoms with Crippen LogP contribution in [-0.2, 0) is 0 Å². The van der Waals surface area contributed by atoms with Crippen LogP contribution in [0.4, 0.5) is 0 Å². The Labute approximate surface area is 62.2 Å². The first-order valence-corrected chi connectivity index (χ1v) is 3.57. The standard InChI is InChI=1S/C8H16O2/c1-3-4-5-6-8(2,10)7-9/h3-4,9-10H,5-7H2,1-2H3. The second kappa shape index (κ2) is 4.47. The summed E-state index contributed by atoms with van der Waals surface area (Å²) in [6.45, 7) is 3.41. The third kappa shape index (κ3) is 4.53. The number of hydrogen-bond donors (Lipinski definition) is 2. The zero-order valence-electron chi connectivity index (χ0n) is 6.67. The monoisotopic (exact) mass is 144 g/mol. The lowest BCUT2D eigenvalue weighted by Crippen LogP contribution is -2.28. The van der Waals surface area contributed by atoms with Crippen LogP contribution in [0, 0.1) is 0 Å². The third-order valence-corrected chi connectivity index (χ3v) is 1.43. The van der Waals surface area contributed by atoms with Gasteiger partial charge in [-0.15, -0.1) is 0 Å². The first-order chi connectivity index (χ1) is 4.62. The van der Waals surface area contributed by atoms with Crippen LogP contribution in [0.3, 0.4) is 0 Å². The van der Waals surface area contributed by atoms with Crippen molar-refractivity contribution in [3.8, 4) is 0 Å². The maximum atomic E-state index is 9.27. The minimum absolute atomic E-state index is 0.162. The lowest BCUT2D eigenvalue weighted by molar-refractivity contribution is -0.00421. The van der Waals surface area contributed by atoms with E-state index in [2.05, 4.69) is 0 Å². The molecule has 0 rings (SSSR count). The quantitative estimate of drug-likeness (QED) is 0.580. The van der Waals surface area contributed by atoms with E-state index in [9.17, 15) is 5.11 Å². The smallest absolute Gasteiger partial charge is 0.0852 e. The number of rotatable bonds is 4. The summed E-state index contributed by atoms with van der Waals surface area (Å²) >= 11 is 0. The summed E-state index contributed by atoms with van der Waals surface area (Å²) in [5.74, 6) is 0. The molecule has 0 bridgehead atoms. The van der Waals surface area contributed by atoms with Gasteiger partial charge in [-0.05, 0) is 26.7 Å². The van der Waals surface area contributed by atoms with E-state index < -0.39 is 5.60 Å². The molecule has 0 radical (unpaired) electrons. The van der Waals surface area contributed by atoms with Gasteiger partial charge in [0, 0.05) is 0 Å². The molecule has 0 aliphatic carbocycles. The molecule has 0 spiro atoms. The van der Waals surface area contributed by atoms with Crippen molar-refractivity contribution in [2.75, 3.05) is 6.61 Å². The van der Waals surface area contributed by atoms with Gasteiger partial charge in [0.25, 0.3) is 0 Å². The Hall–Kier alpha value is -0.340. The molecule has 0 aromatic carbocycles. The van der Waals surface area contributed by atoms with Gasteiger partial charge in [0.1, 0.15) is 0 Å². The Morgan fingerprint density at radius 2 is 2.10 bits per heavy atom. The Morgan fingerprint density at radius 3 is 2.50 bits per heavy atom. The summed E-state index contributed by atoms with van der Waals surface area (Å²) in [7, 11) is 0. The van der Waals surface area contributed by atoms with Gasteiger partial charge in [-0.2, -0.15) is 0 Å². The second-order valence-corrected chi connectivity index (χ2v) is 2.76. The van der Waals surface area contributed by atoms with Gasteiger partial charge in [-0.25, -0.2) is 0 Å². The van der Waals surface area contributed by atoms with Crippen LogP contribution in [0.15, 0.2) is 12.2 Å². The van der Waals surface area contributed by atoms with Gasteiger partial charge in [0.2, 0.25) is 0 Å². The van der Waals surface area contributed by atoms with Gasteiger partial charge in [-0.1, -0.05) is 12.2 Å². The lowest BCUT2D eigenvalue weighted by Gasteiger charge is -2.18. The molecule has 0 heterocycles. The Bertz CT molecular complexity index is 106. The molecule has 0 saturated heterocycles. The predicted octanol–water partition coefficient (Wildman–Crippen LogP) is 1.09. The molecule has 0 saturated carbocycles. The number of hydrogen-bond acceptors (Lipinski definition) is 2. The molecule has 0 aliphatic heterocycles. The number of allylic oxidation sites excluding steroid dienone is 2. The van der Waals surface area contributed by atoms with Crippen molar-refractivity contribution in [3.05, 3.63) is 12.2 Å². The van der Waals surface area contributed by atoms with Crippen molar-refractivity contribution < 1.29 is 10.2 Å². The van der Waals surface area contributed by atoms with Crippen molar-refractivity contribution in [1.82, 2.24) is 0 Å². The van der Waals surface area contributed by atoms with Gasteiger partial charge >= 0.3 is 0 Å². The molecule has 0 aliphatic rings. The van der Waals surface area contributed by atoms with Crippen LogP contribution in [0.25, 0.3) is 0 Å². The zero-order chi connectivity index (χ0) is 8.04. The van der Waals surface area contributed by atoms with Crippen LogP contribution in [-0.4, -0.2) is 22.4 Å². The molecule has 0 aromatic rings. The fraction of sp³-hybridized carbons (Fsp3) is 0.750. The molecule has 1 unspecified atom stereocenters. The summed E-state index contributed by atoms with van der Waals surface area (Å²) in [5, 5.41) is 17.9. The molecule has 0 aromatic heterocycles. The van der Waals surface area contributed by atoms with Crippen molar-refractivity contribution in [2.24, 2.45) is 0 Å². The van der Waals surface area contributed by atoms with Crippen LogP contribution >= 0.6 is 0 Å². The van der Waals surface area contributed by atoms with Gasteiger partial charge in [-0.3, -0.25) is 0 Å². The Morgan fingerprint density at radius 1 is 1.50 bits per heavy atom. The van der Waals surface area contributed by atoms with Crippen molar-refractivity contribution in [2.45, 2.75) is 32.3 Å². The molecule has 0 amide bonds. The lowest BCUT2D eigenvalue weighted by atomic mass is 10.0. The highest BCUT2D eigenvalue weighted by Gasteiger charge is 2.16. The first-order valence-electron chi connectivity index (χ1n) is 3.57. The highest BCUT2D eigenvalue weighted by molar-refractivity contribution is 4.81. The summed E-state index contributed by atoms with van der Waals surface area (Å²) in [6.07, 6.45) is 5.36. The molecular formula is C8H16O2. The van der Waals surface area contributed by atoms with Crippen LogP contribution in [0.1, 0.15) is 26.7 Å². The Balaban J connectivity index is 3.46. The SMILES string of the molecule is CC=CCCC(C)(O)CO. The summed E-state index contributed by atoms with van der Waals surface area (Å²) in [6, 6.07) is 0. The number of aliphatic hydroxyl groups excluding tert-OH is 1. The molecule has 2 heteroatoms. The third-order valence-electron chi connectivity index (χ3n) is 1.43. The molecule has 60 valence electrons. The van der Waals surface area contributed by atoms with E-state index in [1.165, 1.54) is 0 Å². The maximum Gasteiger partial charge on any atom is 0.0852 e. The summed E-state index contributed by atoms with van der Waals surface area (Å²) in [4.78, 5) is 0. The van der Waals surface area contributed by atoms with Gasteiger partial charge < -0.3 is 10.2 Å². The van der Waals surface area contributed by atoms with Crippen LogP contribution < -0.4 is 0 Å². The normalized spacial score (nSPS) is 17.6. The molecule has 2 N–H and O–H groups in total. The van der Waals surface area contributed by atoms with Gasteiger partial charge in [0.05, 0.1) is 12.2 Å². The molecule has 0 fully saturated rings. The van der Waals surface area contributed by atoms with Gasteiger partial charge in [0.15, 0.2) is 0 Å². The van der Waals surface area contributed by atoms with E-state index in [1.54, 1.807) is 6.92 Å². The molecule has 10 heavy (non-hydrogen) atoms. The van der Waals surface area contributed by atoms with Crippen LogP contribution in [0.5, 0.6) is 0 Å². The average molecular weight is 144 g/mol. The van der Waals surface area contributed by atoms with Crippen molar-refractivity contribution in [1.29, 1.82) is 0 Å². The fourth-order valence-electron chi connectivity index (χ4n) is 0.640. The topological polar surface area (TPSA) is 40.5 Å². The minimum Gasteiger partial charge on any atom is -0.393 e. The summed E-state index contributed by atoms with van der Waals surface area (Å²) in [5.41, 5.74) is -0.903. The fourth-order valence-corrected chi connectivity index (χ4v) is 0.640. The van der Waals surface area contributed by atoms with E-state index >= 15 is 0 Å². The predicted molar refractivity (Wildman–Crippen MR) is 41.8 cm³/mol.